The Morgan fingerprint density at radius 1 is 1.42 bits per heavy atom. The van der Waals surface area contributed by atoms with Crippen LogP contribution in [0.25, 0.3) is 0 Å². The van der Waals surface area contributed by atoms with Crippen molar-refractivity contribution >= 4 is 33.0 Å². The highest BCUT2D eigenvalue weighted by atomic mass is 35.5. The van der Waals surface area contributed by atoms with Crippen LogP contribution in [0.1, 0.15) is 38.0 Å². The lowest BCUT2D eigenvalue weighted by Gasteiger charge is -2.26. The van der Waals surface area contributed by atoms with Gasteiger partial charge in [0.1, 0.15) is 4.21 Å². The molecule has 3 nitrogen and oxygen atoms in total. The SMILES string of the molecule is CCC1CCC(C)N1S(=O)(=O)c1ccc(CCCl)s1. The molecular formula is C13H20ClNO2S2. The summed E-state index contributed by atoms with van der Waals surface area (Å²) in [4.78, 5) is 1.04. The van der Waals surface area contributed by atoms with Crippen LogP contribution in [0.4, 0.5) is 0 Å². The van der Waals surface area contributed by atoms with E-state index in [4.69, 9.17) is 11.6 Å². The Hall–Kier alpha value is -0.100. The molecule has 19 heavy (non-hydrogen) atoms. The molecule has 1 fully saturated rings. The number of sulfonamides is 1. The van der Waals surface area contributed by atoms with Crippen LogP contribution in [0, 0.1) is 0 Å². The zero-order chi connectivity index (χ0) is 14.0. The van der Waals surface area contributed by atoms with Crippen LogP contribution >= 0.6 is 22.9 Å². The van der Waals surface area contributed by atoms with Crippen molar-refractivity contribution < 1.29 is 8.42 Å². The third-order valence-corrected chi connectivity index (χ3v) is 7.56. The van der Waals surface area contributed by atoms with Gasteiger partial charge >= 0.3 is 0 Å². The molecule has 0 spiro atoms. The Kier molecular flexibility index (Phi) is 4.93. The Bertz CT molecular complexity index is 527. The number of aryl methyl sites for hydroxylation is 1. The van der Waals surface area contributed by atoms with E-state index in [1.54, 1.807) is 10.4 Å². The molecule has 0 N–H and O–H groups in total. The maximum atomic E-state index is 12.7. The minimum Gasteiger partial charge on any atom is -0.206 e. The molecule has 0 amide bonds. The van der Waals surface area contributed by atoms with Crippen LogP contribution in [0.2, 0.25) is 0 Å². The Balaban J connectivity index is 2.30. The normalized spacial score (nSPS) is 25.0. The van der Waals surface area contributed by atoms with Crippen LogP contribution in [-0.4, -0.2) is 30.7 Å². The van der Waals surface area contributed by atoms with Gasteiger partial charge in [-0.3, -0.25) is 0 Å². The summed E-state index contributed by atoms with van der Waals surface area (Å²) in [5.41, 5.74) is 0. The minimum absolute atomic E-state index is 0.105. The maximum absolute atomic E-state index is 12.7. The molecule has 0 bridgehead atoms. The predicted molar refractivity (Wildman–Crippen MR) is 80.5 cm³/mol. The summed E-state index contributed by atoms with van der Waals surface area (Å²) in [6.07, 6.45) is 3.53. The van der Waals surface area contributed by atoms with Crippen LogP contribution in [0.15, 0.2) is 16.3 Å². The van der Waals surface area contributed by atoms with E-state index in [0.29, 0.717) is 10.1 Å². The number of alkyl halides is 1. The quantitative estimate of drug-likeness (QED) is 0.779. The lowest BCUT2D eigenvalue weighted by molar-refractivity contribution is 0.329. The molecular weight excluding hydrogens is 302 g/mol. The van der Waals surface area contributed by atoms with E-state index in [1.165, 1.54) is 11.3 Å². The number of halogens is 1. The molecule has 1 saturated heterocycles. The smallest absolute Gasteiger partial charge is 0.206 e. The monoisotopic (exact) mass is 321 g/mol. The van der Waals surface area contributed by atoms with E-state index in [-0.39, 0.29) is 12.1 Å². The molecule has 2 heterocycles. The van der Waals surface area contributed by atoms with Crippen molar-refractivity contribution in [3.8, 4) is 0 Å². The molecule has 6 heteroatoms. The molecule has 1 aliphatic rings. The molecule has 0 saturated carbocycles. The van der Waals surface area contributed by atoms with Gasteiger partial charge in [0.15, 0.2) is 0 Å². The highest BCUT2D eigenvalue weighted by molar-refractivity contribution is 7.91. The average Bonchev–Trinajstić information content (AvgIpc) is 2.96. The van der Waals surface area contributed by atoms with Gasteiger partial charge in [-0.15, -0.1) is 22.9 Å². The van der Waals surface area contributed by atoms with Gasteiger partial charge < -0.3 is 0 Å². The van der Waals surface area contributed by atoms with Crippen molar-refractivity contribution in [1.29, 1.82) is 0 Å². The Labute approximate surface area is 124 Å². The fraction of sp³-hybridized carbons (Fsp3) is 0.692. The van der Waals surface area contributed by atoms with E-state index in [0.717, 1.165) is 30.6 Å². The van der Waals surface area contributed by atoms with Gasteiger partial charge in [-0.25, -0.2) is 8.42 Å². The van der Waals surface area contributed by atoms with Crippen LogP contribution < -0.4 is 0 Å². The summed E-state index contributed by atoms with van der Waals surface area (Å²) in [5.74, 6) is 0.525. The van der Waals surface area contributed by atoms with Crippen molar-refractivity contribution in [3.05, 3.63) is 17.0 Å². The first-order valence-corrected chi connectivity index (χ1v) is 9.48. The molecule has 0 aliphatic carbocycles. The van der Waals surface area contributed by atoms with Gasteiger partial charge in [0.25, 0.3) is 10.0 Å². The first kappa shape index (κ1) is 15.3. The molecule has 1 aromatic heterocycles. The first-order chi connectivity index (χ1) is 9.00. The zero-order valence-corrected chi connectivity index (χ0v) is 13.7. The summed E-state index contributed by atoms with van der Waals surface area (Å²) >= 11 is 7.05. The molecule has 1 aliphatic heterocycles. The van der Waals surface area contributed by atoms with Crippen LogP contribution in [0.3, 0.4) is 0 Å². The summed E-state index contributed by atoms with van der Waals surface area (Å²) in [6, 6.07) is 3.86. The third kappa shape index (κ3) is 2.99. The van der Waals surface area contributed by atoms with Crippen molar-refractivity contribution in [2.45, 2.75) is 55.8 Å². The summed E-state index contributed by atoms with van der Waals surface area (Å²) in [7, 11) is -3.34. The van der Waals surface area contributed by atoms with Crippen molar-refractivity contribution in [1.82, 2.24) is 4.31 Å². The number of nitrogens with zero attached hydrogens (tertiary/aromatic N) is 1. The van der Waals surface area contributed by atoms with Crippen LogP contribution in [-0.2, 0) is 16.4 Å². The van der Waals surface area contributed by atoms with E-state index in [1.807, 2.05) is 13.0 Å². The largest absolute Gasteiger partial charge is 0.253 e. The van der Waals surface area contributed by atoms with Gasteiger partial charge in [0.2, 0.25) is 0 Å². The zero-order valence-electron chi connectivity index (χ0n) is 11.3. The highest BCUT2D eigenvalue weighted by Crippen LogP contribution is 2.34. The fourth-order valence-electron chi connectivity index (χ4n) is 2.69. The Morgan fingerprint density at radius 2 is 2.16 bits per heavy atom. The molecule has 0 radical (unpaired) electrons. The number of hydrogen-bond donors (Lipinski definition) is 0. The van der Waals surface area contributed by atoms with Crippen molar-refractivity contribution in [2.75, 3.05) is 5.88 Å². The minimum atomic E-state index is -3.34. The molecule has 1 aromatic rings. The van der Waals surface area contributed by atoms with E-state index in [9.17, 15) is 8.42 Å². The number of thiophene rings is 1. The summed E-state index contributed by atoms with van der Waals surface area (Å²) in [6.45, 7) is 4.05. The van der Waals surface area contributed by atoms with Crippen molar-refractivity contribution in [3.63, 3.8) is 0 Å². The standard InChI is InChI=1S/C13H20ClNO2S2/c1-3-11-5-4-10(2)15(11)19(16,17)13-7-6-12(18-13)8-9-14/h6-7,10-11H,3-5,8-9H2,1-2H3. The topological polar surface area (TPSA) is 37.4 Å². The van der Waals surface area contributed by atoms with E-state index in [2.05, 4.69) is 6.92 Å². The van der Waals surface area contributed by atoms with Gasteiger partial charge in [-0.2, -0.15) is 4.31 Å². The predicted octanol–water partition coefficient (Wildman–Crippen LogP) is 3.48. The molecule has 2 unspecified atom stereocenters. The summed E-state index contributed by atoms with van der Waals surface area (Å²) in [5, 5.41) is 0. The lowest BCUT2D eigenvalue weighted by Crippen LogP contribution is -2.39. The molecule has 2 atom stereocenters. The second-order valence-corrected chi connectivity index (χ2v) is 8.60. The second-order valence-electron chi connectivity index (χ2n) is 4.98. The Morgan fingerprint density at radius 3 is 2.79 bits per heavy atom. The van der Waals surface area contributed by atoms with Gasteiger partial charge in [0, 0.05) is 22.8 Å². The number of hydrogen-bond acceptors (Lipinski definition) is 3. The van der Waals surface area contributed by atoms with Crippen molar-refractivity contribution in [2.24, 2.45) is 0 Å². The molecule has 0 aromatic carbocycles. The molecule has 2 rings (SSSR count). The highest BCUT2D eigenvalue weighted by Gasteiger charge is 2.39. The maximum Gasteiger partial charge on any atom is 0.253 e. The third-order valence-electron chi connectivity index (χ3n) is 3.69. The molecule has 108 valence electrons. The van der Waals surface area contributed by atoms with Gasteiger partial charge in [0.05, 0.1) is 0 Å². The van der Waals surface area contributed by atoms with Gasteiger partial charge in [-0.1, -0.05) is 6.92 Å². The van der Waals surface area contributed by atoms with Crippen LogP contribution in [0.5, 0.6) is 0 Å². The average molecular weight is 322 g/mol. The van der Waals surface area contributed by atoms with E-state index < -0.39 is 10.0 Å². The van der Waals surface area contributed by atoms with Gasteiger partial charge in [-0.05, 0) is 44.7 Å². The van der Waals surface area contributed by atoms with E-state index >= 15 is 0 Å². The fourth-order valence-corrected chi connectivity index (χ4v) is 6.42. The first-order valence-electron chi connectivity index (χ1n) is 6.69. The second kappa shape index (κ2) is 6.12. The number of rotatable bonds is 5. The lowest BCUT2D eigenvalue weighted by atomic mass is 10.2. The summed E-state index contributed by atoms with van der Waals surface area (Å²) < 4.78 is 27.6.